The molecule has 0 aliphatic carbocycles. The molecule has 0 saturated heterocycles. The number of benzene rings is 1. The summed E-state index contributed by atoms with van der Waals surface area (Å²) in [7, 11) is 0. The lowest BCUT2D eigenvalue weighted by molar-refractivity contribution is 1.39. The van der Waals surface area contributed by atoms with Gasteiger partial charge in [-0.1, -0.05) is 23.7 Å². The summed E-state index contributed by atoms with van der Waals surface area (Å²) in [6.07, 6.45) is 3.99. The minimum absolute atomic E-state index is 0.775. The third-order valence-electron chi connectivity index (χ3n) is 2.11. The average molecular weight is 192 g/mol. The number of aromatic amines is 1. The highest BCUT2D eigenvalue weighted by Crippen LogP contribution is 2.23. The number of rotatable bonds is 1. The Labute approximate surface area is 82.4 Å². The topological polar surface area (TPSA) is 15.8 Å². The van der Waals surface area contributed by atoms with Crippen LogP contribution in [0, 0.1) is 6.92 Å². The van der Waals surface area contributed by atoms with Crippen molar-refractivity contribution in [3.8, 4) is 11.1 Å². The molecular weight excluding hydrogens is 182 g/mol. The van der Waals surface area contributed by atoms with Crippen LogP contribution in [0.2, 0.25) is 5.02 Å². The van der Waals surface area contributed by atoms with Crippen molar-refractivity contribution < 1.29 is 0 Å². The second-order valence-electron chi connectivity index (χ2n) is 3.06. The van der Waals surface area contributed by atoms with Crippen molar-refractivity contribution >= 4 is 11.6 Å². The van der Waals surface area contributed by atoms with Gasteiger partial charge in [0.05, 0.1) is 0 Å². The maximum absolute atomic E-state index is 5.81. The van der Waals surface area contributed by atoms with E-state index in [1.54, 1.807) is 0 Å². The molecule has 0 spiro atoms. The van der Waals surface area contributed by atoms with Crippen molar-refractivity contribution in [3.63, 3.8) is 0 Å². The quantitative estimate of drug-likeness (QED) is 0.709. The highest BCUT2D eigenvalue weighted by molar-refractivity contribution is 6.30. The third kappa shape index (κ3) is 1.61. The first kappa shape index (κ1) is 8.39. The Bertz CT molecular complexity index is 400. The molecule has 2 rings (SSSR count). The predicted octanol–water partition coefficient (Wildman–Crippen LogP) is 3.64. The van der Waals surface area contributed by atoms with Gasteiger partial charge < -0.3 is 4.98 Å². The lowest BCUT2D eigenvalue weighted by atomic mass is 10.1. The Morgan fingerprint density at radius 1 is 1.08 bits per heavy atom. The van der Waals surface area contributed by atoms with Gasteiger partial charge in [0, 0.05) is 23.0 Å². The first-order valence-electron chi connectivity index (χ1n) is 4.17. The van der Waals surface area contributed by atoms with Crippen molar-refractivity contribution in [3.05, 3.63) is 47.2 Å². The molecule has 0 saturated carbocycles. The van der Waals surface area contributed by atoms with E-state index in [4.69, 9.17) is 11.6 Å². The van der Waals surface area contributed by atoms with E-state index in [1.807, 2.05) is 36.7 Å². The minimum atomic E-state index is 0.775. The van der Waals surface area contributed by atoms with Crippen LogP contribution in [-0.2, 0) is 0 Å². The normalized spacial score (nSPS) is 10.3. The van der Waals surface area contributed by atoms with E-state index < -0.39 is 0 Å². The van der Waals surface area contributed by atoms with Crippen molar-refractivity contribution in [1.29, 1.82) is 0 Å². The fourth-order valence-electron chi connectivity index (χ4n) is 1.38. The number of hydrogen-bond donors (Lipinski definition) is 1. The van der Waals surface area contributed by atoms with Gasteiger partial charge in [-0.25, -0.2) is 0 Å². The molecule has 0 aliphatic heterocycles. The molecule has 1 N–H and O–H groups in total. The summed E-state index contributed by atoms with van der Waals surface area (Å²) in [4.78, 5) is 3.08. The van der Waals surface area contributed by atoms with Gasteiger partial charge in [-0.2, -0.15) is 0 Å². The van der Waals surface area contributed by atoms with Crippen LogP contribution in [0.1, 0.15) is 5.56 Å². The zero-order valence-corrected chi connectivity index (χ0v) is 8.10. The summed E-state index contributed by atoms with van der Waals surface area (Å²) >= 11 is 5.81. The first-order valence-corrected chi connectivity index (χ1v) is 4.54. The molecule has 0 bridgehead atoms. The average Bonchev–Trinajstić information content (AvgIpc) is 2.53. The number of aryl methyl sites for hydroxylation is 1. The Hall–Kier alpha value is -1.21. The van der Waals surface area contributed by atoms with E-state index in [-0.39, 0.29) is 0 Å². The summed E-state index contributed by atoms with van der Waals surface area (Å²) in [5, 5.41) is 0.775. The summed E-state index contributed by atoms with van der Waals surface area (Å²) in [5.74, 6) is 0. The van der Waals surface area contributed by atoms with Crippen LogP contribution in [0.15, 0.2) is 36.7 Å². The standard InChI is InChI=1S/C11H10ClN/c1-8-6-13-7-11(8)9-2-4-10(12)5-3-9/h2-7,13H,1H3. The summed E-state index contributed by atoms with van der Waals surface area (Å²) in [6, 6.07) is 7.86. The lowest BCUT2D eigenvalue weighted by Crippen LogP contribution is -1.75. The van der Waals surface area contributed by atoms with Gasteiger partial charge in [-0.3, -0.25) is 0 Å². The van der Waals surface area contributed by atoms with E-state index in [2.05, 4.69) is 11.9 Å². The highest BCUT2D eigenvalue weighted by Gasteiger charge is 2.01. The van der Waals surface area contributed by atoms with E-state index >= 15 is 0 Å². The molecule has 0 fully saturated rings. The second kappa shape index (κ2) is 3.27. The number of H-pyrrole nitrogens is 1. The van der Waals surface area contributed by atoms with Gasteiger partial charge >= 0.3 is 0 Å². The summed E-state index contributed by atoms with van der Waals surface area (Å²) < 4.78 is 0. The molecule has 1 aromatic carbocycles. The van der Waals surface area contributed by atoms with Crippen molar-refractivity contribution in [2.45, 2.75) is 6.92 Å². The molecule has 1 aromatic heterocycles. The van der Waals surface area contributed by atoms with Crippen LogP contribution in [0.5, 0.6) is 0 Å². The molecule has 0 amide bonds. The lowest BCUT2D eigenvalue weighted by Gasteiger charge is -1.99. The SMILES string of the molecule is Cc1c[nH]cc1-c1ccc(Cl)cc1. The van der Waals surface area contributed by atoms with Crippen molar-refractivity contribution in [2.24, 2.45) is 0 Å². The van der Waals surface area contributed by atoms with Crippen LogP contribution < -0.4 is 0 Å². The minimum Gasteiger partial charge on any atom is -0.367 e. The molecule has 66 valence electrons. The molecule has 13 heavy (non-hydrogen) atoms. The number of aromatic nitrogens is 1. The fraction of sp³-hybridized carbons (Fsp3) is 0.0909. The third-order valence-corrected chi connectivity index (χ3v) is 2.36. The highest BCUT2D eigenvalue weighted by atomic mass is 35.5. The Kier molecular flexibility index (Phi) is 2.11. The molecule has 1 heterocycles. The second-order valence-corrected chi connectivity index (χ2v) is 3.50. The van der Waals surface area contributed by atoms with Crippen molar-refractivity contribution in [2.75, 3.05) is 0 Å². The van der Waals surface area contributed by atoms with E-state index in [9.17, 15) is 0 Å². The fourth-order valence-corrected chi connectivity index (χ4v) is 1.51. The van der Waals surface area contributed by atoms with Gasteiger partial charge in [0.25, 0.3) is 0 Å². The monoisotopic (exact) mass is 191 g/mol. The van der Waals surface area contributed by atoms with Crippen LogP contribution in [0.3, 0.4) is 0 Å². The zero-order valence-electron chi connectivity index (χ0n) is 7.34. The van der Waals surface area contributed by atoms with E-state index in [0.29, 0.717) is 0 Å². The molecule has 2 heteroatoms. The van der Waals surface area contributed by atoms with Gasteiger partial charge in [-0.15, -0.1) is 0 Å². The number of halogens is 1. The predicted molar refractivity (Wildman–Crippen MR) is 56.0 cm³/mol. The Morgan fingerprint density at radius 3 is 2.31 bits per heavy atom. The Morgan fingerprint density at radius 2 is 1.77 bits per heavy atom. The van der Waals surface area contributed by atoms with E-state index in [0.717, 1.165) is 5.02 Å². The number of nitrogens with one attached hydrogen (secondary N) is 1. The van der Waals surface area contributed by atoms with Gasteiger partial charge in [0.2, 0.25) is 0 Å². The molecular formula is C11H10ClN. The molecule has 2 aromatic rings. The van der Waals surface area contributed by atoms with Crippen LogP contribution in [-0.4, -0.2) is 4.98 Å². The largest absolute Gasteiger partial charge is 0.367 e. The van der Waals surface area contributed by atoms with Gasteiger partial charge in [-0.05, 0) is 30.2 Å². The molecule has 0 unspecified atom stereocenters. The maximum atomic E-state index is 5.81. The number of hydrogen-bond acceptors (Lipinski definition) is 0. The Balaban J connectivity index is 2.47. The maximum Gasteiger partial charge on any atom is 0.0406 e. The van der Waals surface area contributed by atoms with Crippen LogP contribution in [0.4, 0.5) is 0 Å². The van der Waals surface area contributed by atoms with Gasteiger partial charge in [0.15, 0.2) is 0 Å². The molecule has 1 nitrogen and oxygen atoms in total. The van der Waals surface area contributed by atoms with E-state index in [1.165, 1.54) is 16.7 Å². The smallest absolute Gasteiger partial charge is 0.0406 e. The van der Waals surface area contributed by atoms with Crippen LogP contribution in [0.25, 0.3) is 11.1 Å². The first-order chi connectivity index (χ1) is 6.27. The molecule has 0 radical (unpaired) electrons. The molecule has 0 aliphatic rings. The van der Waals surface area contributed by atoms with Crippen LogP contribution >= 0.6 is 11.6 Å². The molecule has 0 atom stereocenters. The zero-order chi connectivity index (χ0) is 9.26. The summed E-state index contributed by atoms with van der Waals surface area (Å²) in [5.41, 5.74) is 3.68. The van der Waals surface area contributed by atoms with Gasteiger partial charge in [0.1, 0.15) is 0 Å². The summed E-state index contributed by atoms with van der Waals surface area (Å²) in [6.45, 7) is 2.08. The van der Waals surface area contributed by atoms with Crippen molar-refractivity contribution in [1.82, 2.24) is 4.98 Å².